The summed E-state index contributed by atoms with van der Waals surface area (Å²) in [5.41, 5.74) is 0. The molecule has 2 aliphatic heterocycles. The van der Waals surface area contributed by atoms with Gasteiger partial charge in [0.2, 0.25) is 0 Å². The van der Waals surface area contributed by atoms with Crippen molar-refractivity contribution in [2.24, 2.45) is 0 Å². The predicted molar refractivity (Wildman–Crippen MR) is 37.5 cm³/mol. The van der Waals surface area contributed by atoms with E-state index in [-0.39, 0.29) is 6.03 Å². The number of hydrogen-bond acceptors (Lipinski definition) is 1. The Kier molecular flexibility index (Phi) is 1.13. The first-order valence-electron chi connectivity index (χ1n) is 3.84. The molecule has 2 fully saturated rings. The van der Waals surface area contributed by atoms with E-state index in [2.05, 4.69) is 0 Å². The Labute approximate surface area is 60.6 Å². The first-order chi connectivity index (χ1) is 4.80. The SMILES string of the molecule is CN1C(=O)N2CCCCC12. The van der Waals surface area contributed by atoms with Crippen molar-refractivity contribution < 1.29 is 4.79 Å². The van der Waals surface area contributed by atoms with E-state index in [0.29, 0.717) is 6.17 Å². The largest absolute Gasteiger partial charge is 0.323 e. The zero-order chi connectivity index (χ0) is 7.14. The van der Waals surface area contributed by atoms with E-state index >= 15 is 0 Å². The zero-order valence-electron chi connectivity index (χ0n) is 6.21. The predicted octanol–water partition coefficient (Wildman–Crippen LogP) is 0.864. The van der Waals surface area contributed by atoms with Gasteiger partial charge in [0.25, 0.3) is 0 Å². The average Bonchev–Trinajstić information content (AvgIpc) is 2.03. The Bertz CT molecular complexity index is 169. The summed E-state index contributed by atoms with van der Waals surface area (Å²) in [7, 11) is 1.88. The van der Waals surface area contributed by atoms with Gasteiger partial charge in [0.1, 0.15) is 6.17 Å². The van der Waals surface area contributed by atoms with Crippen molar-refractivity contribution in [1.82, 2.24) is 9.80 Å². The fourth-order valence-corrected chi connectivity index (χ4v) is 1.81. The van der Waals surface area contributed by atoms with Crippen LogP contribution in [0.2, 0.25) is 0 Å². The van der Waals surface area contributed by atoms with Gasteiger partial charge < -0.3 is 9.80 Å². The van der Waals surface area contributed by atoms with Gasteiger partial charge in [0.05, 0.1) is 0 Å². The summed E-state index contributed by atoms with van der Waals surface area (Å²) in [5, 5.41) is 0. The number of amides is 2. The summed E-state index contributed by atoms with van der Waals surface area (Å²) < 4.78 is 0. The Balaban J connectivity index is 2.06. The Hall–Kier alpha value is -0.730. The molecule has 2 heterocycles. The molecule has 1 atom stereocenters. The van der Waals surface area contributed by atoms with Gasteiger partial charge in [0, 0.05) is 13.6 Å². The van der Waals surface area contributed by atoms with E-state index in [1.807, 2.05) is 16.8 Å². The molecule has 2 saturated heterocycles. The summed E-state index contributed by atoms with van der Waals surface area (Å²) in [6, 6.07) is 0.213. The molecule has 0 radical (unpaired) electrons. The van der Waals surface area contributed by atoms with Crippen LogP contribution in [0.4, 0.5) is 4.79 Å². The van der Waals surface area contributed by atoms with E-state index in [4.69, 9.17) is 0 Å². The van der Waals surface area contributed by atoms with Crippen molar-refractivity contribution in [1.29, 1.82) is 0 Å². The van der Waals surface area contributed by atoms with Crippen molar-refractivity contribution in [3.8, 4) is 0 Å². The smallest absolute Gasteiger partial charge is 0.307 e. The second-order valence-corrected chi connectivity index (χ2v) is 3.06. The molecule has 0 aromatic heterocycles. The lowest BCUT2D eigenvalue weighted by atomic mass is 10.0. The van der Waals surface area contributed by atoms with Crippen LogP contribution in [-0.2, 0) is 0 Å². The molecule has 0 saturated carbocycles. The summed E-state index contributed by atoms with van der Waals surface area (Å²) in [6.45, 7) is 0.980. The van der Waals surface area contributed by atoms with Crippen LogP contribution in [0, 0.1) is 0 Å². The third-order valence-electron chi connectivity index (χ3n) is 2.47. The molecule has 56 valence electrons. The van der Waals surface area contributed by atoms with Crippen LogP contribution in [0.25, 0.3) is 0 Å². The minimum absolute atomic E-state index is 0.213. The van der Waals surface area contributed by atoms with Crippen molar-refractivity contribution in [3.05, 3.63) is 0 Å². The van der Waals surface area contributed by atoms with Crippen molar-refractivity contribution >= 4 is 6.03 Å². The van der Waals surface area contributed by atoms with Gasteiger partial charge in [-0.25, -0.2) is 4.79 Å². The standard InChI is InChI=1S/C7H12N2O/c1-8-6-4-2-3-5-9(6)7(8)10/h6H,2-5H2,1H3. The number of nitrogens with zero attached hydrogens (tertiary/aromatic N) is 2. The summed E-state index contributed by atoms with van der Waals surface area (Å²) >= 11 is 0. The number of carbonyl (C=O) groups is 1. The molecule has 2 rings (SSSR count). The summed E-state index contributed by atoms with van der Waals surface area (Å²) in [4.78, 5) is 14.8. The number of carbonyl (C=O) groups excluding carboxylic acids is 1. The van der Waals surface area contributed by atoms with E-state index in [1.165, 1.54) is 19.3 Å². The molecular formula is C7H12N2O. The molecule has 2 aliphatic rings. The molecule has 2 amide bonds. The lowest BCUT2D eigenvalue weighted by Crippen LogP contribution is -2.67. The van der Waals surface area contributed by atoms with Crippen LogP contribution in [0.15, 0.2) is 0 Å². The topological polar surface area (TPSA) is 23.6 Å². The molecule has 0 aromatic carbocycles. The van der Waals surface area contributed by atoms with Crippen LogP contribution in [0.3, 0.4) is 0 Å². The molecule has 10 heavy (non-hydrogen) atoms. The second-order valence-electron chi connectivity index (χ2n) is 3.06. The fourth-order valence-electron chi connectivity index (χ4n) is 1.81. The molecule has 0 bridgehead atoms. The molecule has 0 N–H and O–H groups in total. The lowest BCUT2D eigenvalue weighted by molar-refractivity contribution is -0.0137. The molecule has 3 heteroatoms. The maximum absolute atomic E-state index is 11.0. The maximum atomic E-state index is 11.0. The zero-order valence-corrected chi connectivity index (χ0v) is 6.21. The highest BCUT2D eigenvalue weighted by atomic mass is 16.2. The molecule has 0 aromatic rings. The lowest BCUT2D eigenvalue weighted by Gasteiger charge is -2.51. The molecule has 1 unspecified atom stereocenters. The van der Waals surface area contributed by atoms with Crippen molar-refractivity contribution in [2.45, 2.75) is 25.4 Å². The third kappa shape index (κ3) is 0.576. The van der Waals surface area contributed by atoms with Crippen LogP contribution in [0.1, 0.15) is 19.3 Å². The quantitative estimate of drug-likeness (QED) is 0.489. The van der Waals surface area contributed by atoms with Crippen molar-refractivity contribution in [2.75, 3.05) is 13.6 Å². The summed E-state index contributed by atoms with van der Waals surface area (Å²) in [5.74, 6) is 0. The van der Waals surface area contributed by atoms with Gasteiger partial charge in [0.15, 0.2) is 0 Å². The minimum atomic E-state index is 0.213. The molecule has 0 spiro atoms. The maximum Gasteiger partial charge on any atom is 0.323 e. The second kappa shape index (κ2) is 1.87. The first-order valence-corrected chi connectivity index (χ1v) is 3.84. The molecule has 0 aliphatic carbocycles. The van der Waals surface area contributed by atoms with Crippen molar-refractivity contribution in [3.63, 3.8) is 0 Å². The minimum Gasteiger partial charge on any atom is -0.307 e. The number of rotatable bonds is 0. The van der Waals surface area contributed by atoms with Gasteiger partial charge in [-0.2, -0.15) is 0 Å². The first kappa shape index (κ1) is 6.01. The van der Waals surface area contributed by atoms with E-state index in [1.54, 1.807) is 0 Å². The monoisotopic (exact) mass is 140 g/mol. The van der Waals surface area contributed by atoms with Crippen LogP contribution >= 0.6 is 0 Å². The number of piperidine rings is 1. The highest BCUT2D eigenvalue weighted by molar-refractivity contribution is 5.80. The van der Waals surface area contributed by atoms with E-state index in [0.717, 1.165) is 6.54 Å². The summed E-state index contributed by atoms with van der Waals surface area (Å²) in [6.07, 6.45) is 4.08. The Morgan fingerprint density at radius 3 is 3.00 bits per heavy atom. The molecule has 3 nitrogen and oxygen atoms in total. The normalized spacial score (nSPS) is 31.7. The van der Waals surface area contributed by atoms with E-state index in [9.17, 15) is 4.79 Å². The van der Waals surface area contributed by atoms with Gasteiger partial charge in [-0.15, -0.1) is 0 Å². The average molecular weight is 140 g/mol. The van der Waals surface area contributed by atoms with Gasteiger partial charge in [-0.3, -0.25) is 0 Å². The number of hydrogen-bond donors (Lipinski definition) is 0. The van der Waals surface area contributed by atoms with E-state index < -0.39 is 0 Å². The Morgan fingerprint density at radius 2 is 2.30 bits per heavy atom. The van der Waals surface area contributed by atoms with Crippen LogP contribution < -0.4 is 0 Å². The van der Waals surface area contributed by atoms with Crippen LogP contribution in [0.5, 0.6) is 0 Å². The van der Waals surface area contributed by atoms with Gasteiger partial charge >= 0.3 is 6.03 Å². The van der Waals surface area contributed by atoms with Gasteiger partial charge in [-0.05, 0) is 19.3 Å². The third-order valence-corrected chi connectivity index (χ3v) is 2.47. The fraction of sp³-hybridized carbons (Fsp3) is 0.857. The van der Waals surface area contributed by atoms with Gasteiger partial charge in [-0.1, -0.05) is 0 Å². The Morgan fingerprint density at radius 1 is 1.50 bits per heavy atom. The highest BCUT2D eigenvalue weighted by Gasteiger charge is 2.42. The highest BCUT2D eigenvalue weighted by Crippen LogP contribution is 2.28. The van der Waals surface area contributed by atoms with Crippen LogP contribution in [-0.4, -0.2) is 35.6 Å². The number of urea groups is 1. The number of fused-ring (bicyclic) bond motifs is 1. The molecular weight excluding hydrogens is 128 g/mol.